The molecule has 0 bridgehead atoms. The SMILES string of the molecule is CC(C)=CCC/C(C)=C/CCC1(C)C=Cc2c(C)c(O)c(C)c(C)c2O1. The first kappa shape index (κ1) is 20.4. The molecule has 2 nitrogen and oxygen atoms in total. The molecule has 142 valence electrons. The van der Waals surface area contributed by atoms with Crippen LogP contribution in [0.5, 0.6) is 11.5 Å². The van der Waals surface area contributed by atoms with Crippen LogP contribution in [0.1, 0.15) is 75.6 Å². The van der Waals surface area contributed by atoms with Crippen LogP contribution in [-0.4, -0.2) is 10.7 Å². The molecule has 2 rings (SSSR count). The maximum atomic E-state index is 10.3. The lowest BCUT2D eigenvalue weighted by Gasteiger charge is -2.34. The molecule has 0 aromatic heterocycles. The van der Waals surface area contributed by atoms with Crippen molar-refractivity contribution < 1.29 is 9.84 Å². The van der Waals surface area contributed by atoms with Gasteiger partial charge in [0, 0.05) is 11.1 Å². The van der Waals surface area contributed by atoms with E-state index in [0.717, 1.165) is 53.7 Å². The Kier molecular flexibility index (Phi) is 6.39. The topological polar surface area (TPSA) is 29.5 Å². The Morgan fingerprint density at radius 3 is 2.38 bits per heavy atom. The van der Waals surface area contributed by atoms with Crippen LogP contribution in [0.3, 0.4) is 0 Å². The van der Waals surface area contributed by atoms with Gasteiger partial charge in [-0.15, -0.1) is 0 Å². The fraction of sp³-hybridized carbons (Fsp3) is 0.500. The van der Waals surface area contributed by atoms with Crippen molar-refractivity contribution in [3.8, 4) is 11.5 Å². The standard InChI is InChI=1S/C24H34O2/c1-16(2)10-8-11-17(3)12-9-14-24(7)15-13-21-20(6)22(25)18(4)19(5)23(21)26-24/h10,12-13,15,25H,8-9,11,14H2,1-7H3/b17-12+. The predicted octanol–water partition coefficient (Wildman–Crippen LogP) is 6.95. The summed E-state index contributed by atoms with van der Waals surface area (Å²) in [7, 11) is 0. The zero-order valence-electron chi connectivity index (χ0n) is 17.5. The molecule has 1 aromatic rings. The van der Waals surface area contributed by atoms with Crippen LogP contribution >= 0.6 is 0 Å². The van der Waals surface area contributed by atoms with E-state index in [1.165, 1.54) is 11.1 Å². The summed E-state index contributed by atoms with van der Waals surface area (Å²) in [6.07, 6.45) is 13.1. The van der Waals surface area contributed by atoms with Gasteiger partial charge in [0.15, 0.2) is 0 Å². The van der Waals surface area contributed by atoms with Gasteiger partial charge in [0.2, 0.25) is 0 Å². The van der Waals surface area contributed by atoms with E-state index in [1.54, 1.807) is 0 Å². The largest absolute Gasteiger partial charge is 0.507 e. The van der Waals surface area contributed by atoms with Crippen LogP contribution in [0, 0.1) is 20.8 Å². The first-order valence-electron chi connectivity index (χ1n) is 9.64. The summed E-state index contributed by atoms with van der Waals surface area (Å²) >= 11 is 0. The summed E-state index contributed by atoms with van der Waals surface area (Å²) in [5.74, 6) is 1.31. The molecule has 0 spiro atoms. The molecule has 0 radical (unpaired) electrons. The molecule has 0 aliphatic carbocycles. The Labute approximate surface area is 159 Å². The quantitative estimate of drug-likeness (QED) is 0.560. The van der Waals surface area contributed by atoms with Crippen LogP contribution in [0.4, 0.5) is 0 Å². The molecule has 0 saturated carbocycles. The van der Waals surface area contributed by atoms with Gasteiger partial charge in [-0.25, -0.2) is 0 Å². The van der Waals surface area contributed by atoms with E-state index in [4.69, 9.17) is 4.74 Å². The monoisotopic (exact) mass is 354 g/mol. The summed E-state index contributed by atoms with van der Waals surface area (Å²) in [4.78, 5) is 0. The molecular formula is C24H34O2. The third kappa shape index (κ3) is 4.60. The molecule has 1 atom stereocenters. The van der Waals surface area contributed by atoms with Crippen molar-refractivity contribution in [1.82, 2.24) is 0 Å². The molecule has 1 heterocycles. The second kappa shape index (κ2) is 8.16. The van der Waals surface area contributed by atoms with Crippen molar-refractivity contribution >= 4 is 6.08 Å². The zero-order chi connectivity index (χ0) is 19.5. The number of ether oxygens (including phenoxy) is 1. The van der Waals surface area contributed by atoms with Crippen molar-refractivity contribution in [2.45, 2.75) is 79.8 Å². The van der Waals surface area contributed by atoms with Crippen molar-refractivity contribution in [2.24, 2.45) is 0 Å². The van der Waals surface area contributed by atoms with Gasteiger partial charge in [-0.3, -0.25) is 0 Å². The highest BCUT2D eigenvalue weighted by atomic mass is 16.5. The van der Waals surface area contributed by atoms with Crippen LogP contribution in [0.25, 0.3) is 6.08 Å². The van der Waals surface area contributed by atoms with E-state index in [-0.39, 0.29) is 5.60 Å². The smallest absolute Gasteiger partial charge is 0.131 e. The molecule has 1 aliphatic heterocycles. The second-order valence-corrected chi connectivity index (χ2v) is 8.12. The number of aromatic hydroxyl groups is 1. The third-order valence-electron chi connectivity index (χ3n) is 5.42. The lowest BCUT2D eigenvalue weighted by molar-refractivity contribution is 0.127. The van der Waals surface area contributed by atoms with Crippen LogP contribution in [0.2, 0.25) is 0 Å². The fourth-order valence-corrected chi connectivity index (χ4v) is 3.42. The number of allylic oxidation sites excluding steroid dienone is 4. The highest BCUT2D eigenvalue weighted by molar-refractivity contribution is 5.71. The normalized spacial score (nSPS) is 19.1. The van der Waals surface area contributed by atoms with Gasteiger partial charge in [0.1, 0.15) is 17.1 Å². The Balaban J connectivity index is 2.07. The minimum atomic E-state index is -0.301. The average molecular weight is 355 g/mol. The Morgan fingerprint density at radius 1 is 1.04 bits per heavy atom. The van der Waals surface area contributed by atoms with Gasteiger partial charge >= 0.3 is 0 Å². The molecule has 1 aromatic carbocycles. The Morgan fingerprint density at radius 2 is 1.73 bits per heavy atom. The highest BCUT2D eigenvalue weighted by Crippen LogP contribution is 2.43. The minimum Gasteiger partial charge on any atom is -0.507 e. The van der Waals surface area contributed by atoms with Crippen LogP contribution in [-0.2, 0) is 0 Å². The van der Waals surface area contributed by atoms with Gasteiger partial charge in [-0.2, -0.15) is 0 Å². The number of phenolic OH excluding ortho intramolecular Hbond substituents is 1. The maximum absolute atomic E-state index is 10.3. The molecule has 1 N–H and O–H groups in total. The molecule has 1 aliphatic rings. The van der Waals surface area contributed by atoms with Crippen molar-refractivity contribution in [3.05, 3.63) is 51.6 Å². The van der Waals surface area contributed by atoms with Crippen LogP contribution in [0.15, 0.2) is 29.4 Å². The number of rotatable bonds is 6. The number of phenols is 1. The van der Waals surface area contributed by atoms with Crippen molar-refractivity contribution in [3.63, 3.8) is 0 Å². The summed E-state index contributed by atoms with van der Waals surface area (Å²) in [5, 5.41) is 10.3. The van der Waals surface area contributed by atoms with E-state index >= 15 is 0 Å². The molecule has 2 heteroatoms. The lowest BCUT2D eigenvalue weighted by Crippen LogP contribution is -2.32. The van der Waals surface area contributed by atoms with Gasteiger partial charge < -0.3 is 9.84 Å². The third-order valence-corrected chi connectivity index (χ3v) is 5.42. The summed E-state index contributed by atoms with van der Waals surface area (Å²) < 4.78 is 6.42. The van der Waals surface area contributed by atoms with Crippen LogP contribution < -0.4 is 4.74 Å². The van der Waals surface area contributed by atoms with E-state index in [9.17, 15) is 5.11 Å². The average Bonchev–Trinajstić information content (AvgIpc) is 2.57. The summed E-state index contributed by atoms with van der Waals surface area (Å²) in [5.41, 5.74) is 6.38. The molecule has 0 fully saturated rings. The second-order valence-electron chi connectivity index (χ2n) is 8.12. The lowest BCUT2D eigenvalue weighted by atomic mass is 9.90. The molecule has 26 heavy (non-hydrogen) atoms. The van der Waals surface area contributed by atoms with E-state index in [0.29, 0.717) is 5.75 Å². The number of benzene rings is 1. The molecule has 0 amide bonds. The minimum absolute atomic E-state index is 0.301. The van der Waals surface area contributed by atoms with Gasteiger partial charge in [0.25, 0.3) is 0 Å². The van der Waals surface area contributed by atoms with Crippen molar-refractivity contribution in [1.29, 1.82) is 0 Å². The Bertz CT molecular complexity index is 761. The first-order valence-corrected chi connectivity index (χ1v) is 9.64. The fourth-order valence-electron chi connectivity index (χ4n) is 3.42. The zero-order valence-corrected chi connectivity index (χ0v) is 17.5. The number of hydrogen-bond acceptors (Lipinski definition) is 2. The van der Waals surface area contributed by atoms with E-state index in [1.807, 2.05) is 20.8 Å². The van der Waals surface area contributed by atoms with E-state index in [2.05, 4.69) is 52.0 Å². The molecular weight excluding hydrogens is 320 g/mol. The van der Waals surface area contributed by atoms with Gasteiger partial charge in [0.05, 0.1) is 0 Å². The predicted molar refractivity (Wildman–Crippen MR) is 112 cm³/mol. The summed E-state index contributed by atoms with van der Waals surface area (Å²) in [6.45, 7) is 14.6. The first-order chi connectivity index (χ1) is 12.1. The highest BCUT2D eigenvalue weighted by Gasteiger charge is 2.30. The van der Waals surface area contributed by atoms with E-state index < -0.39 is 0 Å². The maximum Gasteiger partial charge on any atom is 0.131 e. The Hall–Kier alpha value is -1.96. The number of hydrogen-bond donors (Lipinski definition) is 1. The van der Waals surface area contributed by atoms with Gasteiger partial charge in [-0.05, 0) is 91.4 Å². The van der Waals surface area contributed by atoms with Crippen molar-refractivity contribution in [2.75, 3.05) is 0 Å². The number of fused-ring (bicyclic) bond motifs is 1. The molecule has 0 saturated heterocycles. The van der Waals surface area contributed by atoms with Gasteiger partial charge in [-0.1, -0.05) is 29.4 Å². The summed E-state index contributed by atoms with van der Waals surface area (Å²) in [6, 6.07) is 0. The molecule has 1 unspecified atom stereocenters.